The molecule has 74 valence electrons. The van der Waals surface area contributed by atoms with Crippen LogP contribution in [0.5, 0.6) is 0 Å². The van der Waals surface area contributed by atoms with Crippen molar-refractivity contribution in [3.63, 3.8) is 0 Å². The van der Waals surface area contributed by atoms with Crippen molar-refractivity contribution in [2.24, 2.45) is 0 Å². The Kier molecular flexibility index (Phi) is 3.31. The average Bonchev–Trinajstić information content (AvgIpc) is 1.86. The van der Waals surface area contributed by atoms with Gasteiger partial charge in [0.2, 0.25) is 0 Å². The summed E-state index contributed by atoms with van der Waals surface area (Å²) < 4.78 is 80.4. The molecule has 0 aliphatic heterocycles. The molecule has 0 aliphatic carbocycles. The fourth-order valence-electron chi connectivity index (χ4n) is 0.324. The number of halogens is 7. The van der Waals surface area contributed by atoms with E-state index >= 15 is 0 Å². The van der Waals surface area contributed by atoms with Crippen molar-refractivity contribution in [1.29, 1.82) is 0 Å². The molecule has 0 aromatic rings. The van der Waals surface area contributed by atoms with Gasteiger partial charge in [-0.25, -0.2) is 8.78 Å². The zero-order chi connectivity index (χ0) is 9.99. The minimum atomic E-state index is -5.58. The third-order valence-electron chi connectivity index (χ3n) is 0.998. The minimum Gasteiger partial charge on any atom is -0.203 e. The molecule has 0 amide bonds. The summed E-state index contributed by atoms with van der Waals surface area (Å²) in [4.78, 5) is 2.18. The maximum absolute atomic E-state index is 11.9. The van der Waals surface area contributed by atoms with Crippen molar-refractivity contribution < 1.29 is 35.8 Å². The van der Waals surface area contributed by atoms with Gasteiger partial charge in [0.05, 0.1) is 0 Å². The standard InChI is InChI=1S/C4H3F7O/c5-2(6)4(9,10)3(7,8)1-12-11/h2H,1H2. The van der Waals surface area contributed by atoms with E-state index < -0.39 is 24.9 Å². The van der Waals surface area contributed by atoms with Crippen LogP contribution in [0.25, 0.3) is 0 Å². The molecule has 0 N–H and O–H groups in total. The Hall–Kier alpha value is -0.530. The Morgan fingerprint density at radius 2 is 1.50 bits per heavy atom. The van der Waals surface area contributed by atoms with Gasteiger partial charge in [0, 0.05) is 0 Å². The van der Waals surface area contributed by atoms with Crippen molar-refractivity contribution in [3.05, 3.63) is 0 Å². The van der Waals surface area contributed by atoms with Gasteiger partial charge in [0.15, 0.2) is 6.61 Å². The van der Waals surface area contributed by atoms with Crippen molar-refractivity contribution >= 4 is 0 Å². The number of hydrogen-bond donors (Lipinski definition) is 0. The number of hydrogen-bond acceptors (Lipinski definition) is 1. The van der Waals surface area contributed by atoms with Gasteiger partial charge in [-0.15, -0.1) is 0 Å². The maximum Gasteiger partial charge on any atom is 0.371 e. The molecule has 0 aromatic carbocycles. The Bertz CT molecular complexity index is 144. The van der Waals surface area contributed by atoms with Crippen LogP contribution in [0.2, 0.25) is 0 Å². The van der Waals surface area contributed by atoms with Crippen LogP contribution in [0, 0.1) is 0 Å². The quantitative estimate of drug-likeness (QED) is 0.633. The first-order valence-electron chi connectivity index (χ1n) is 2.53. The van der Waals surface area contributed by atoms with Gasteiger partial charge >= 0.3 is 18.3 Å². The van der Waals surface area contributed by atoms with Crippen LogP contribution in [-0.4, -0.2) is 24.9 Å². The molecule has 0 atom stereocenters. The van der Waals surface area contributed by atoms with Crippen molar-refractivity contribution in [2.45, 2.75) is 18.3 Å². The van der Waals surface area contributed by atoms with Crippen LogP contribution in [0.15, 0.2) is 0 Å². The molecule has 0 aromatic heterocycles. The van der Waals surface area contributed by atoms with Crippen LogP contribution in [-0.2, 0) is 4.94 Å². The van der Waals surface area contributed by atoms with E-state index in [1.807, 2.05) is 0 Å². The van der Waals surface area contributed by atoms with E-state index in [-0.39, 0.29) is 0 Å². The van der Waals surface area contributed by atoms with Crippen LogP contribution in [0.3, 0.4) is 0 Å². The molecule has 0 spiro atoms. The third kappa shape index (κ3) is 1.99. The lowest BCUT2D eigenvalue weighted by Gasteiger charge is -2.23. The molecule has 0 fully saturated rings. The first kappa shape index (κ1) is 11.5. The zero-order valence-corrected chi connectivity index (χ0v) is 5.34. The summed E-state index contributed by atoms with van der Waals surface area (Å²) in [6.07, 6.45) is -4.57. The topological polar surface area (TPSA) is 9.23 Å². The second kappa shape index (κ2) is 3.46. The highest BCUT2D eigenvalue weighted by molar-refractivity contribution is 4.86. The van der Waals surface area contributed by atoms with Gasteiger partial charge in [-0.2, -0.15) is 22.5 Å². The summed E-state index contributed by atoms with van der Waals surface area (Å²) >= 11 is 0. The molecule has 0 radical (unpaired) electrons. The SMILES string of the molecule is FOCC(F)(F)C(F)(F)C(F)F. The molecule has 0 rings (SSSR count). The van der Waals surface area contributed by atoms with E-state index in [1.54, 1.807) is 0 Å². The second-order valence-electron chi connectivity index (χ2n) is 1.88. The van der Waals surface area contributed by atoms with Gasteiger partial charge in [0.25, 0.3) is 0 Å². The van der Waals surface area contributed by atoms with E-state index in [1.165, 1.54) is 0 Å². The molecule has 0 saturated heterocycles. The van der Waals surface area contributed by atoms with Gasteiger partial charge in [-0.05, 0) is 4.53 Å². The summed E-state index contributed by atoms with van der Waals surface area (Å²) in [6, 6.07) is 0. The predicted molar refractivity (Wildman–Crippen MR) is 23.0 cm³/mol. The van der Waals surface area contributed by atoms with Crippen LogP contribution in [0.1, 0.15) is 0 Å². The smallest absolute Gasteiger partial charge is 0.203 e. The number of rotatable bonds is 4. The summed E-state index contributed by atoms with van der Waals surface area (Å²) in [5.41, 5.74) is 0. The third-order valence-corrected chi connectivity index (χ3v) is 0.998. The molecule has 8 heteroatoms. The fourth-order valence-corrected chi connectivity index (χ4v) is 0.324. The fraction of sp³-hybridized carbons (Fsp3) is 1.00. The van der Waals surface area contributed by atoms with E-state index in [9.17, 15) is 30.9 Å². The lowest BCUT2D eigenvalue weighted by Crippen LogP contribution is -2.48. The minimum absolute atomic E-state index is 2.18. The molecule has 1 nitrogen and oxygen atoms in total. The van der Waals surface area contributed by atoms with Crippen LogP contribution in [0.4, 0.5) is 30.9 Å². The molecule has 0 unspecified atom stereocenters. The van der Waals surface area contributed by atoms with Gasteiger partial charge in [-0.1, -0.05) is 0 Å². The van der Waals surface area contributed by atoms with E-state index in [0.29, 0.717) is 0 Å². The van der Waals surface area contributed by atoms with E-state index in [2.05, 4.69) is 4.94 Å². The average molecular weight is 200 g/mol. The second-order valence-corrected chi connectivity index (χ2v) is 1.88. The highest BCUT2D eigenvalue weighted by Crippen LogP contribution is 2.39. The molecular formula is C4H3F7O. The lowest BCUT2D eigenvalue weighted by molar-refractivity contribution is -0.304. The van der Waals surface area contributed by atoms with Crippen molar-refractivity contribution in [2.75, 3.05) is 6.61 Å². The monoisotopic (exact) mass is 200 g/mol. The Morgan fingerprint density at radius 1 is 1.08 bits per heavy atom. The molecule has 12 heavy (non-hydrogen) atoms. The van der Waals surface area contributed by atoms with Crippen LogP contribution < -0.4 is 0 Å². The highest BCUT2D eigenvalue weighted by atomic mass is 19.3. The largest absolute Gasteiger partial charge is 0.371 e. The van der Waals surface area contributed by atoms with E-state index in [0.717, 1.165) is 0 Å². The number of alkyl halides is 6. The zero-order valence-electron chi connectivity index (χ0n) is 5.34. The maximum atomic E-state index is 11.9. The molecule has 0 saturated carbocycles. The predicted octanol–water partition coefficient (Wildman–Crippen LogP) is 2.42. The van der Waals surface area contributed by atoms with Crippen molar-refractivity contribution in [3.8, 4) is 0 Å². The molecular weight excluding hydrogens is 197 g/mol. The van der Waals surface area contributed by atoms with Gasteiger partial charge in [0.1, 0.15) is 0 Å². The van der Waals surface area contributed by atoms with Gasteiger partial charge < -0.3 is 0 Å². The molecule has 0 aliphatic rings. The Balaban J connectivity index is 4.50. The molecule has 0 heterocycles. The lowest BCUT2D eigenvalue weighted by atomic mass is 10.2. The van der Waals surface area contributed by atoms with Crippen LogP contribution >= 0.6 is 0 Å². The Morgan fingerprint density at radius 3 is 1.75 bits per heavy atom. The first-order valence-corrected chi connectivity index (χ1v) is 2.53. The first-order chi connectivity index (χ1) is 5.25. The summed E-state index contributed by atoms with van der Waals surface area (Å²) in [5.74, 6) is -10.8. The Labute approximate surface area is 62.0 Å². The molecule has 0 bridgehead atoms. The van der Waals surface area contributed by atoms with Gasteiger partial charge in [-0.3, -0.25) is 0 Å². The summed E-state index contributed by atoms with van der Waals surface area (Å²) in [5, 5.41) is 0. The summed E-state index contributed by atoms with van der Waals surface area (Å²) in [6.45, 7) is -2.40. The highest BCUT2D eigenvalue weighted by Gasteiger charge is 2.63. The van der Waals surface area contributed by atoms with E-state index in [4.69, 9.17) is 0 Å². The normalized spacial score (nSPS) is 14.0. The van der Waals surface area contributed by atoms with Crippen molar-refractivity contribution in [1.82, 2.24) is 0 Å². The summed E-state index contributed by atoms with van der Waals surface area (Å²) in [7, 11) is 0.